The number of carboxylic acid groups (broad SMARTS) is 1. The maximum atomic E-state index is 11.5. The van der Waals surface area contributed by atoms with E-state index in [-0.39, 0.29) is 11.2 Å². The Morgan fingerprint density at radius 1 is 1.24 bits per heavy atom. The molecule has 0 bridgehead atoms. The number of hydrogen-bond donors (Lipinski definition) is 1. The summed E-state index contributed by atoms with van der Waals surface area (Å²) in [6.07, 6.45) is 2.56. The highest BCUT2D eigenvalue weighted by Crippen LogP contribution is 2.36. The second kappa shape index (κ2) is 5.55. The fourth-order valence-electron chi connectivity index (χ4n) is 2.74. The Labute approximate surface area is 126 Å². The monoisotopic (exact) mass is 288 g/mol. The molecule has 0 aliphatic rings. The molecule has 0 saturated heterocycles. The van der Waals surface area contributed by atoms with Crippen molar-refractivity contribution in [2.24, 2.45) is 0 Å². The summed E-state index contributed by atoms with van der Waals surface area (Å²) in [5.74, 6) is -0.877. The topological polar surface area (TPSA) is 50.4 Å². The fourth-order valence-corrected chi connectivity index (χ4v) is 2.74. The van der Waals surface area contributed by atoms with Crippen LogP contribution in [0.1, 0.15) is 68.3 Å². The zero-order valence-corrected chi connectivity index (χ0v) is 13.5. The number of benzene rings is 1. The second-order valence-corrected chi connectivity index (χ2v) is 6.59. The second-order valence-electron chi connectivity index (χ2n) is 6.59. The number of aryl methyl sites for hydroxylation is 2. The van der Waals surface area contributed by atoms with Crippen molar-refractivity contribution in [2.45, 2.75) is 59.3 Å². The minimum atomic E-state index is -0.979. The van der Waals surface area contributed by atoms with Gasteiger partial charge in [0.05, 0.1) is 0 Å². The van der Waals surface area contributed by atoms with Crippen molar-refractivity contribution in [3.8, 4) is 0 Å². The molecule has 1 aromatic heterocycles. The fraction of sp³-hybridized carbons (Fsp3) is 0.500. The van der Waals surface area contributed by atoms with Crippen LogP contribution < -0.4 is 0 Å². The molecular weight excluding hydrogens is 264 g/mol. The lowest BCUT2D eigenvalue weighted by Crippen LogP contribution is -2.12. The molecule has 0 amide bonds. The third kappa shape index (κ3) is 2.82. The van der Waals surface area contributed by atoms with E-state index in [9.17, 15) is 9.90 Å². The molecule has 0 unspecified atom stereocenters. The quantitative estimate of drug-likeness (QED) is 0.866. The van der Waals surface area contributed by atoms with Crippen LogP contribution in [0.2, 0.25) is 0 Å². The van der Waals surface area contributed by atoms with Crippen molar-refractivity contribution in [3.63, 3.8) is 0 Å². The van der Waals surface area contributed by atoms with Gasteiger partial charge in [-0.2, -0.15) is 0 Å². The minimum Gasteiger partial charge on any atom is -0.475 e. The Bertz CT molecular complexity index is 672. The predicted octanol–water partition coefficient (Wildman–Crippen LogP) is 4.94. The van der Waals surface area contributed by atoms with Crippen molar-refractivity contribution in [1.29, 1.82) is 0 Å². The van der Waals surface area contributed by atoms with Gasteiger partial charge in [-0.3, -0.25) is 0 Å². The zero-order valence-electron chi connectivity index (χ0n) is 13.5. The lowest BCUT2D eigenvalue weighted by molar-refractivity contribution is 0.0663. The molecule has 3 nitrogen and oxygen atoms in total. The summed E-state index contributed by atoms with van der Waals surface area (Å²) in [7, 11) is 0. The van der Waals surface area contributed by atoms with Crippen molar-refractivity contribution in [1.82, 2.24) is 0 Å². The van der Waals surface area contributed by atoms with Crippen LogP contribution in [0.5, 0.6) is 0 Å². The Kier molecular flexibility index (Phi) is 4.13. The van der Waals surface area contributed by atoms with Crippen LogP contribution in [0.4, 0.5) is 0 Å². The SMILES string of the molecule is CCCc1c(C(=O)O)oc2c(C(C)(C)C)cc(CC)cc12. The first-order valence-electron chi connectivity index (χ1n) is 7.61. The molecule has 0 aliphatic carbocycles. The molecule has 2 aromatic rings. The summed E-state index contributed by atoms with van der Waals surface area (Å²) in [6, 6.07) is 4.23. The van der Waals surface area contributed by atoms with Gasteiger partial charge in [0.25, 0.3) is 0 Å². The highest BCUT2D eigenvalue weighted by atomic mass is 16.4. The summed E-state index contributed by atoms with van der Waals surface area (Å²) in [5, 5.41) is 10.4. The molecule has 0 spiro atoms. The number of rotatable bonds is 4. The molecule has 1 N–H and O–H groups in total. The lowest BCUT2D eigenvalue weighted by atomic mass is 9.84. The molecule has 1 heterocycles. The molecule has 0 radical (unpaired) electrons. The highest BCUT2D eigenvalue weighted by molar-refractivity contribution is 5.96. The van der Waals surface area contributed by atoms with Crippen LogP contribution in [-0.2, 0) is 18.3 Å². The lowest BCUT2D eigenvalue weighted by Gasteiger charge is -2.20. The van der Waals surface area contributed by atoms with E-state index in [2.05, 4.69) is 46.8 Å². The average molecular weight is 288 g/mol. The minimum absolute atomic E-state index is 0.0828. The Morgan fingerprint density at radius 2 is 1.90 bits per heavy atom. The Hall–Kier alpha value is -1.77. The van der Waals surface area contributed by atoms with E-state index in [1.165, 1.54) is 5.56 Å². The van der Waals surface area contributed by atoms with E-state index < -0.39 is 5.97 Å². The molecule has 1 aromatic carbocycles. The van der Waals surface area contributed by atoms with Crippen LogP contribution in [0, 0.1) is 0 Å². The van der Waals surface area contributed by atoms with E-state index in [1.807, 2.05) is 0 Å². The van der Waals surface area contributed by atoms with Crippen LogP contribution in [0.25, 0.3) is 11.0 Å². The van der Waals surface area contributed by atoms with Crippen molar-refractivity contribution in [2.75, 3.05) is 0 Å². The van der Waals surface area contributed by atoms with Gasteiger partial charge in [-0.1, -0.05) is 47.1 Å². The van der Waals surface area contributed by atoms with Crippen molar-refractivity contribution in [3.05, 3.63) is 34.6 Å². The van der Waals surface area contributed by atoms with Gasteiger partial charge in [0.2, 0.25) is 5.76 Å². The van der Waals surface area contributed by atoms with Gasteiger partial charge >= 0.3 is 5.97 Å². The zero-order chi connectivity index (χ0) is 15.8. The van der Waals surface area contributed by atoms with Gasteiger partial charge in [-0.05, 0) is 29.9 Å². The molecule has 0 saturated carbocycles. The molecule has 0 aliphatic heterocycles. The normalized spacial score (nSPS) is 12.0. The number of carboxylic acids is 1. The third-order valence-electron chi connectivity index (χ3n) is 3.86. The van der Waals surface area contributed by atoms with E-state index in [0.717, 1.165) is 41.4 Å². The molecule has 114 valence electrons. The van der Waals surface area contributed by atoms with Gasteiger partial charge in [-0.15, -0.1) is 0 Å². The summed E-state index contributed by atoms with van der Waals surface area (Å²) in [6.45, 7) is 10.6. The molecular formula is C18H24O3. The first-order valence-corrected chi connectivity index (χ1v) is 7.61. The number of aromatic carboxylic acids is 1. The van der Waals surface area contributed by atoms with Crippen LogP contribution >= 0.6 is 0 Å². The molecule has 3 heteroatoms. The average Bonchev–Trinajstić information content (AvgIpc) is 2.76. The van der Waals surface area contributed by atoms with E-state index in [0.29, 0.717) is 0 Å². The van der Waals surface area contributed by atoms with Gasteiger partial charge < -0.3 is 9.52 Å². The third-order valence-corrected chi connectivity index (χ3v) is 3.86. The summed E-state index contributed by atoms with van der Waals surface area (Å²) < 4.78 is 5.77. The van der Waals surface area contributed by atoms with E-state index in [1.54, 1.807) is 0 Å². The van der Waals surface area contributed by atoms with Gasteiger partial charge in [-0.25, -0.2) is 4.79 Å². The first-order chi connectivity index (χ1) is 9.79. The number of carbonyl (C=O) groups is 1. The Morgan fingerprint density at radius 3 is 2.38 bits per heavy atom. The summed E-state index contributed by atoms with van der Waals surface area (Å²) in [4.78, 5) is 11.5. The summed E-state index contributed by atoms with van der Waals surface area (Å²) in [5.41, 5.74) is 3.80. The standard InChI is InChI=1S/C18H24O3/c1-6-8-12-13-9-11(7-2)10-14(18(3,4)5)15(13)21-16(12)17(19)20/h9-10H,6-8H2,1-5H3,(H,19,20). The summed E-state index contributed by atoms with van der Waals surface area (Å²) >= 11 is 0. The number of fused-ring (bicyclic) bond motifs is 1. The van der Waals surface area contributed by atoms with Crippen molar-refractivity contribution < 1.29 is 14.3 Å². The largest absolute Gasteiger partial charge is 0.475 e. The van der Waals surface area contributed by atoms with Crippen LogP contribution in [-0.4, -0.2) is 11.1 Å². The van der Waals surface area contributed by atoms with E-state index in [4.69, 9.17) is 4.42 Å². The van der Waals surface area contributed by atoms with Crippen LogP contribution in [0.3, 0.4) is 0 Å². The first kappa shape index (κ1) is 15.6. The molecule has 21 heavy (non-hydrogen) atoms. The molecule has 0 fully saturated rings. The highest BCUT2D eigenvalue weighted by Gasteiger charge is 2.26. The Balaban J connectivity index is 2.87. The smallest absolute Gasteiger partial charge is 0.372 e. The molecule has 2 rings (SSSR count). The number of hydrogen-bond acceptors (Lipinski definition) is 2. The van der Waals surface area contributed by atoms with E-state index >= 15 is 0 Å². The van der Waals surface area contributed by atoms with Crippen molar-refractivity contribution >= 4 is 16.9 Å². The molecule has 0 atom stereocenters. The maximum absolute atomic E-state index is 11.5. The van der Waals surface area contributed by atoms with Gasteiger partial charge in [0.1, 0.15) is 5.58 Å². The van der Waals surface area contributed by atoms with Gasteiger partial charge in [0.15, 0.2) is 0 Å². The maximum Gasteiger partial charge on any atom is 0.372 e. The number of furan rings is 1. The predicted molar refractivity (Wildman–Crippen MR) is 85.2 cm³/mol. The van der Waals surface area contributed by atoms with Crippen LogP contribution in [0.15, 0.2) is 16.5 Å². The van der Waals surface area contributed by atoms with Gasteiger partial charge in [0, 0.05) is 16.5 Å².